The van der Waals surface area contributed by atoms with E-state index in [0.29, 0.717) is 49.6 Å². The molecule has 9 heteroatoms. The van der Waals surface area contributed by atoms with Crippen molar-refractivity contribution in [3.8, 4) is 22.8 Å². The number of H-pyrrole nitrogens is 2. The molecule has 0 radical (unpaired) electrons. The summed E-state index contributed by atoms with van der Waals surface area (Å²) in [7, 11) is 3.17. The summed E-state index contributed by atoms with van der Waals surface area (Å²) in [4.78, 5) is 6.49. The fourth-order valence-electron chi connectivity index (χ4n) is 3.59. The summed E-state index contributed by atoms with van der Waals surface area (Å²) in [6, 6.07) is 18.6. The second kappa shape index (κ2) is 8.69. The van der Waals surface area contributed by atoms with Gasteiger partial charge in [0, 0.05) is 22.0 Å². The monoisotopic (exact) mass is 481 g/mol. The van der Waals surface area contributed by atoms with Crippen molar-refractivity contribution in [3.05, 3.63) is 76.1 Å². The molecule has 5 rings (SSSR count). The molecular formula is C24H19Cl2N4O3+. The lowest BCUT2D eigenvalue weighted by Gasteiger charge is -2.10. The molecule has 3 aromatic carbocycles. The Balaban J connectivity index is 1.67. The van der Waals surface area contributed by atoms with Gasteiger partial charge in [0.1, 0.15) is 22.2 Å². The molecule has 5 aromatic rings. The first-order chi connectivity index (χ1) is 16.1. The highest BCUT2D eigenvalue weighted by molar-refractivity contribution is 6.38. The molecule has 2 aromatic heterocycles. The summed E-state index contributed by atoms with van der Waals surface area (Å²) < 4.78 is 16.9. The average molecular weight is 482 g/mol. The van der Waals surface area contributed by atoms with Gasteiger partial charge < -0.3 is 13.9 Å². The zero-order chi connectivity index (χ0) is 22.9. The molecule has 0 saturated heterocycles. The Hall–Kier alpha value is -3.68. The Bertz CT molecular complexity index is 1530. The number of imidazole rings is 1. The molecule has 0 atom stereocenters. The third-order valence-electron chi connectivity index (χ3n) is 5.17. The fourth-order valence-corrected chi connectivity index (χ4v) is 4.13. The first-order valence-electron chi connectivity index (χ1n) is 10.0. The van der Waals surface area contributed by atoms with Gasteiger partial charge in [-0.2, -0.15) is 5.43 Å². The Morgan fingerprint density at radius 3 is 2.58 bits per heavy atom. The van der Waals surface area contributed by atoms with Crippen molar-refractivity contribution < 1.29 is 18.9 Å². The van der Waals surface area contributed by atoms with Gasteiger partial charge in [-0.3, -0.25) is 0 Å². The predicted molar refractivity (Wildman–Crippen MR) is 129 cm³/mol. The summed E-state index contributed by atoms with van der Waals surface area (Å²) in [6.07, 6.45) is 0. The van der Waals surface area contributed by atoms with Gasteiger partial charge in [-0.05, 0) is 42.5 Å². The average Bonchev–Trinajstić information content (AvgIpc) is 3.25. The minimum Gasteiger partial charge on any atom is -0.493 e. The minimum absolute atomic E-state index is 0.383. The van der Waals surface area contributed by atoms with Crippen LogP contribution in [0.5, 0.6) is 11.5 Å². The van der Waals surface area contributed by atoms with Crippen molar-refractivity contribution in [2.45, 2.75) is 0 Å². The highest BCUT2D eigenvalue weighted by atomic mass is 35.5. The third kappa shape index (κ3) is 4.08. The molecule has 0 aliphatic carbocycles. The molecule has 0 spiro atoms. The maximum absolute atomic E-state index is 6.47. The number of hydrogen-bond donors (Lipinski definition) is 2. The largest absolute Gasteiger partial charge is 0.493 e. The molecule has 0 bridgehead atoms. The van der Waals surface area contributed by atoms with E-state index < -0.39 is 0 Å². The summed E-state index contributed by atoms with van der Waals surface area (Å²) in [5.41, 5.74) is 6.20. The summed E-state index contributed by atoms with van der Waals surface area (Å²) >= 11 is 12.7. The van der Waals surface area contributed by atoms with Crippen LogP contribution < -0.4 is 25.2 Å². The molecule has 0 saturated carbocycles. The van der Waals surface area contributed by atoms with E-state index in [2.05, 4.69) is 20.5 Å². The van der Waals surface area contributed by atoms with Gasteiger partial charge >= 0.3 is 5.95 Å². The second-order valence-corrected chi connectivity index (χ2v) is 8.07. The molecule has 2 heterocycles. The van der Waals surface area contributed by atoms with Gasteiger partial charge in [0.15, 0.2) is 17.1 Å². The highest BCUT2D eigenvalue weighted by Crippen LogP contribution is 2.34. The van der Waals surface area contributed by atoms with Crippen LogP contribution in [-0.4, -0.2) is 19.2 Å². The van der Waals surface area contributed by atoms with Crippen LogP contribution in [0.2, 0.25) is 10.0 Å². The van der Waals surface area contributed by atoms with Gasteiger partial charge in [-0.15, -0.1) is 5.10 Å². The zero-order valence-corrected chi connectivity index (χ0v) is 19.2. The van der Waals surface area contributed by atoms with Gasteiger partial charge in [-0.25, -0.2) is 9.97 Å². The smallest absolute Gasteiger partial charge is 0.377 e. The van der Waals surface area contributed by atoms with E-state index in [4.69, 9.17) is 37.1 Å². The summed E-state index contributed by atoms with van der Waals surface area (Å²) in [5.74, 6) is 2.38. The lowest BCUT2D eigenvalue weighted by Crippen LogP contribution is -2.12. The summed E-state index contributed by atoms with van der Waals surface area (Å²) in [6.45, 7) is 0. The third-order valence-corrected chi connectivity index (χ3v) is 5.67. The van der Waals surface area contributed by atoms with Crippen LogP contribution >= 0.6 is 23.2 Å². The van der Waals surface area contributed by atoms with Crippen LogP contribution in [0, 0.1) is 0 Å². The van der Waals surface area contributed by atoms with Gasteiger partial charge in [0.25, 0.3) is 0 Å². The molecule has 0 amide bonds. The molecule has 3 N–H and O–H groups in total. The van der Waals surface area contributed by atoms with Gasteiger partial charge in [-0.1, -0.05) is 35.3 Å². The molecule has 0 unspecified atom stereocenters. The maximum atomic E-state index is 6.47. The van der Waals surface area contributed by atoms with Crippen molar-refractivity contribution in [3.63, 3.8) is 0 Å². The van der Waals surface area contributed by atoms with E-state index in [1.807, 2.05) is 48.5 Å². The van der Waals surface area contributed by atoms with Crippen LogP contribution in [0.3, 0.4) is 0 Å². The van der Waals surface area contributed by atoms with Crippen LogP contribution in [0.25, 0.3) is 33.3 Å². The van der Waals surface area contributed by atoms with Gasteiger partial charge in [0.2, 0.25) is 0 Å². The topological polar surface area (TPSA) is 85.9 Å². The molecule has 7 nitrogen and oxygen atoms in total. The first kappa shape index (κ1) is 21.2. The second-order valence-electron chi connectivity index (χ2n) is 7.22. The Kier molecular flexibility index (Phi) is 5.58. The lowest BCUT2D eigenvalue weighted by molar-refractivity contribution is -0.326. The number of para-hydroxylation sites is 2. The Labute approximate surface area is 198 Å². The van der Waals surface area contributed by atoms with Gasteiger partial charge in [0.05, 0.1) is 19.2 Å². The number of aromatic nitrogens is 2. The van der Waals surface area contributed by atoms with Crippen molar-refractivity contribution in [2.75, 3.05) is 19.6 Å². The number of nitrogens with one attached hydrogen (secondary N) is 3. The van der Waals surface area contributed by atoms with E-state index in [-0.39, 0.29) is 0 Å². The van der Waals surface area contributed by atoms with E-state index in [1.165, 1.54) is 0 Å². The van der Waals surface area contributed by atoms with Crippen molar-refractivity contribution in [2.24, 2.45) is 5.10 Å². The number of methoxy groups -OCH3 is 2. The van der Waals surface area contributed by atoms with Crippen LogP contribution in [0.4, 0.5) is 5.95 Å². The first-order valence-corrected chi connectivity index (χ1v) is 10.8. The molecule has 0 aliphatic rings. The van der Waals surface area contributed by atoms with Crippen LogP contribution in [-0.2, 0) is 0 Å². The molecule has 0 fully saturated rings. The number of benzene rings is 3. The highest BCUT2D eigenvalue weighted by Gasteiger charge is 2.14. The Morgan fingerprint density at radius 2 is 1.79 bits per heavy atom. The number of halogens is 2. The minimum atomic E-state index is 0.383. The van der Waals surface area contributed by atoms with Crippen molar-refractivity contribution in [1.29, 1.82) is 0 Å². The maximum Gasteiger partial charge on any atom is 0.377 e. The van der Waals surface area contributed by atoms with E-state index >= 15 is 0 Å². The molecule has 33 heavy (non-hydrogen) atoms. The van der Waals surface area contributed by atoms with E-state index in [0.717, 1.165) is 16.6 Å². The number of rotatable bonds is 5. The number of ether oxygens (including phenoxy) is 2. The van der Waals surface area contributed by atoms with Crippen LogP contribution in [0.15, 0.2) is 70.2 Å². The van der Waals surface area contributed by atoms with E-state index in [9.17, 15) is 0 Å². The predicted octanol–water partition coefficient (Wildman–Crippen LogP) is 5.65. The standard InChI is InChI=1S/C24H18Cl2N4O3/c1-31-20-8-7-13(9-22(20)32-2)21-12-19(15-10-14(25)11-16(26)23(15)33-21)29-30-24-27-17-5-3-4-6-18(17)28-24/h3-12H,1-2H3,(H2,27,28,30)/p+1. The molecule has 166 valence electrons. The van der Waals surface area contributed by atoms with Crippen molar-refractivity contribution in [1.82, 2.24) is 4.98 Å². The lowest BCUT2D eigenvalue weighted by atomic mass is 10.1. The molecule has 0 aliphatic heterocycles. The number of anilines is 1. The number of hydrogen-bond acceptors (Lipinski definition) is 5. The van der Waals surface area contributed by atoms with E-state index in [1.54, 1.807) is 26.4 Å². The molecular weight excluding hydrogens is 463 g/mol. The zero-order valence-electron chi connectivity index (χ0n) is 17.7. The fraction of sp³-hybridized carbons (Fsp3) is 0.0833. The van der Waals surface area contributed by atoms with Crippen LogP contribution in [0.1, 0.15) is 0 Å². The summed E-state index contributed by atoms with van der Waals surface area (Å²) in [5, 5.41) is 6.73. The normalized spacial score (nSPS) is 11.8. The van der Waals surface area contributed by atoms with Crippen molar-refractivity contribution >= 4 is 51.2 Å². The number of aromatic amines is 2. The number of nitrogens with zero attached hydrogens (tertiary/aromatic N) is 1. The quantitative estimate of drug-likeness (QED) is 0.317. The SMILES string of the molecule is COc1ccc(-c2cc(=NNc3[nH]c4ccccc4[nH+]3)c3cc(Cl)cc(Cl)c3o2)cc1OC. The number of fused-ring (bicyclic) bond motifs is 2. The Morgan fingerprint density at radius 1 is 0.970 bits per heavy atom.